The van der Waals surface area contributed by atoms with Crippen molar-refractivity contribution in [3.63, 3.8) is 0 Å². The van der Waals surface area contributed by atoms with Crippen molar-refractivity contribution in [1.82, 2.24) is 30.1 Å². The summed E-state index contributed by atoms with van der Waals surface area (Å²) in [5.74, 6) is 1.43. The van der Waals surface area contributed by atoms with Crippen LogP contribution in [0.5, 0.6) is 0 Å². The third-order valence-corrected chi connectivity index (χ3v) is 5.02. The van der Waals surface area contributed by atoms with E-state index in [4.69, 9.17) is 4.52 Å². The second-order valence-electron chi connectivity index (χ2n) is 7.12. The molecule has 0 radical (unpaired) electrons. The first-order valence-corrected chi connectivity index (χ1v) is 9.33. The van der Waals surface area contributed by atoms with Crippen LogP contribution in [0.3, 0.4) is 0 Å². The number of urea groups is 1. The van der Waals surface area contributed by atoms with Crippen LogP contribution in [0.2, 0.25) is 0 Å². The van der Waals surface area contributed by atoms with E-state index >= 15 is 0 Å². The first-order chi connectivity index (χ1) is 12.4. The molecule has 0 saturated carbocycles. The van der Waals surface area contributed by atoms with E-state index in [2.05, 4.69) is 27.5 Å². The summed E-state index contributed by atoms with van der Waals surface area (Å²) in [6.07, 6.45) is 1.78. The summed E-state index contributed by atoms with van der Waals surface area (Å²) < 4.78 is 7.37. The minimum Gasteiger partial charge on any atom is -0.337 e. The standard InChI is InChI=1S/C18H28N6O2/c1-6-24-13(5)14(12(4)21-24)10-19-18(25)23-9-7-8-15(23)17-20-16(11(2)3)22-26-17/h11,15H,6-10H2,1-5H3,(H,19,25)/t15-/m0/s1. The molecule has 142 valence electrons. The molecule has 1 aliphatic rings. The summed E-state index contributed by atoms with van der Waals surface area (Å²) in [6.45, 7) is 12.1. The summed E-state index contributed by atoms with van der Waals surface area (Å²) in [5, 5.41) is 11.6. The van der Waals surface area contributed by atoms with Crippen LogP contribution in [0, 0.1) is 13.8 Å². The van der Waals surface area contributed by atoms with Gasteiger partial charge >= 0.3 is 6.03 Å². The number of aryl methyl sites for hydroxylation is 2. The molecule has 1 fully saturated rings. The van der Waals surface area contributed by atoms with E-state index in [1.54, 1.807) is 4.90 Å². The van der Waals surface area contributed by atoms with Crippen LogP contribution in [0.25, 0.3) is 0 Å². The summed E-state index contributed by atoms with van der Waals surface area (Å²) in [6, 6.07) is -0.240. The highest BCUT2D eigenvalue weighted by atomic mass is 16.5. The molecular formula is C18H28N6O2. The highest BCUT2D eigenvalue weighted by molar-refractivity contribution is 5.75. The van der Waals surface area contributed by atoms with Crippen molar-refractivity contribution in [3.8, 4) is 0 Å². The molecule has 2 amide bonds. The van der Waals surface area contributed by atoms with Crippen LogP contribution >= 0.6 is 0 Å². The highest BCUT2D eigenvalue weighted by Gasteiger charge is 2.34. The molecule has 0 unspecified atom stereocenters. The predicted octanol–water partition coefficient (Wildman–Crippen LogP) is 3.07. The fraction of sp³-hybridized carbons (Fsp3) is 0.667. The molecule has 2 aromatic heterocycles. The Bertz CT molecular complexity index is 779. The molecule has 1 N–H and O–H groups in total. The van der Waals surface area contributed by atoms with Crippen molar-refractivity contribution in [1.29, 1.82) is 0 Å². The molecular weight excluding hydrogens is 332 g/mol. The number of amides is 2. The van der Waals surface area contributed by atoms with Gasteiger partial charge in [-0.05, 0) is 33.6 Å². The van der Waals surface area contributed by atoms with Crippen molar-refractivity contribution >= 4 is 6.03 Å². The van der Waals surface area contributed by atoms with Gasteiger partial charge in [0.15, 0.2) is 5.82 Å². The maximum Gasteiger partial charge on any atom is 0.318 e. The van der Waals surface area contributed by atoms with E-state index in [-0.39, 0.29) is 18.0 Å². The van der Waals surface area contributed by atoms with Crippen molar-refractivity contribution in [2.24, 2.45) is 0 Å². The van der Waals surface area contributed by atoms with Gasteiger partial charge in [-0.25, -0.2) is 4.79 Å². The van der Waals surface area contributed by atoms with Gasteiger partial charge in [0.05, 0.1) is 5.69 Å². The van der Waals surface area contributed by atoms with E-state index in [1.165, 1.54) is 0 Å². The molecule has 0 aliphatic carbocycles. The van der Waals surface area contributed by atoms with Gasteiger partial charge in [0.2, 0.25) is 5.89 Å². The number of hydrogen-bond acceptors (Lipinski definition) is 5. The number of hydrogen-bond donors (Lipinski definition) is 1. The molecule has 0 bridgehead atoms. The molecule has 26 heavy (non-hydrogen) atoms. The number of aromatic nitrogens is 4. The maximum atomic E-state index is 12.7. The third kappa shape index (κ3) is 3.45. The Hall–Kier alpha value is -2.38. The minimum atomic E-state index is -0.143. The molecule has 2 aromatic rings. The molecule has 1 saturated heterocycles. The fourth-order valence-electron chi connectivity index (χ4n) is 3.45. The van der Waals surface area contributed by atoms with Gasteiger partial charge < -0.3 is 14.7 Å². The Balaban J connectivity index is 1.68. The average Bonchev–Trinajstić information content (AvgIpc) is 3.31. The first kappa shape index (κ1) is 18.4. The second-order valence-corrected chi connectivity index (χ2v) is 7.12. The van der Waals surface area contributed by atoms with Crippen molar-refractivity contribution in [2.75, 3.05) is 6.54 Å². The predicted molar refractivity (Wildman–Crippen MR) is 96.7 cm³/mol. The molecule has 1 aliphatic heterocycles. The Kier molecular flexibility index (Phi) is 5.29. The van der Waals surface area contributed by atoms with Gasteiger partial charge in [-0.3, -0.25) is 4.68 Å². The SMILES string of the molecule is CCn1nc(C)c(CNC(=O)N2CCC[C@H]2c2nc(C(C)C)no2)c1C. The Morgan fingerprint density at radius 3 is 2.77 bits per heavy atom. The van der Waals surface area contributed by atoms with Crippen molar-refractivity contribution in [3.05, 3.63) is 28.7 Å². The quantitative estimate of drug-likeness (QED) is 0.885. The van der Waals surface area contributed by atoms with Gasteiger partial charge in [-0.15, -0.1) is 0 Å². The van der Waals surface area contributed by atoms with Gasteiger partial charge in [-0.2, -0.15) is 10.1 Å². The number of likely N-dealkylation sites (tertiary alicyclic amines) is 1. The number of carbonyl (C=O) groups excluding carboxylic acids is 1. The third-order valence-electron chi connectivity index (χ3n) is 5.02. The molecule has 1 atom stereocenters. The lowest BCUT2D eigenvalue weighted by Crippen LogP contribution is -2.39. The van der Waals surface area contributed by atoms with Crippen LogP contribution in [-0.4, -0.2) is 37.4 Å². The normalized spacial score (nSPS) is 17.3. The van der Waals surface area contributed by atoms with E-state index in [1.807, 2.05) is 32.4 Å². The van der Waals surface area contributed by atoms with Crippen molar-refractivity contribution in [2.45, 2.75) is 72.5 Å². The topological polar surface area (TPSA) is 89.1 Å². The lowest BCUT2D eigenvalue weighted by Gasteiger charge is -2.22. The number of nitrogens with one attached hydrogen (secondary N) is 1. The van der Waals surface area contributed by atoms with Gasteiger partial charge in [-0.1, -0.05) is 19.0 Å². The molecule has 0 aromatic carbocycles. The van der Waals surface area contributed by atoms with Crippen molar-refractivity contribution < 1.29 is 9.32 Å². The van der Waals surface area contributed by atoms with Gasteiger partial charge in [0, 0.05) is 36.8 Å². The Morgan fingerprint density at radius 1 is 1.38 bits per heavy atom. The zero-order valence-electron chi connectivity index (χ0n) is 16.2. The van der Waals surface area contributed by atoms with E-state index in [0.717, 1.165) is 36.3 Å². The minimum absolute atomic E-state index is 0.0974. The Labute approximate surface area is 153 Å². The maximum absolute atomic E-state index is 12.7. The van der Waals surface area contributed by atoms with Crippen LogP contribution in [0.1, 0.15) is 74.2 Å². The summed E-state index contributed by atoms with van der Waals surface area (Å²) in [7, 11) is 0. The molecule has 3 heterocycles. The number of carbonyl (C=O) groups is 1. The largest absolute Gasteiger partial charge is 0.337 e. The van der Waals surface area contributed by atoms with Gasteiger partial charge in [0.25, 0.3) is 0 Å². The second kappa shape index (κ2) is 7.47. The zero-order valence-corrected chi connectivity index (χ0v) is 16.2. The number of nitrogens with zero attached hydrogens (tertiary/aromatic N) is 5. The number of rotatable bonds is 5. The summed E-state index contributed by atoms with van der Waals surface area (Å²) >= 11 is 0. The zero-order chi connectivity index (χ0) is 18.8. The summed E-state index contributed by atoms with van der Waals surface area (Å²) in [5.41, 5.74) is 3.14. The van der Waals surface area contributed by atoms with E-state index in [9.17, 15) is 4.79 Å². The van der Waals surface area contributed by atoms with Crippen LogP contribution < -0.4 is 5.32 Å². The molecule has 8 nitrogen and oxygen atoms in total. The lowest BCUT2D eigenvalue weighted by atomic mass is 10.2. The highest BCUT2D eigenvalue weighted by Crippen LogP contribution is 2.31. The van der Waals surface area contributed by atoms with Crippen LogP contribution in [0.15, 0.2) is 4.52 Å². The first-order valence-electron chi connectivity index (χ1n) is 9.33. The molecule has 0 spiro atoms. The summed E-state index contributed by atoms with van der Waals surface area (Å²) in [4.78, 5) is 19.0. The van der Waals surface area contributed by atoms with Crippen LogP contribution in [-0.2, 0) is 13.1 Å². The molecule has 3 rings (SSSR count). The molecule has 8 heteroatoms. The van der Waals surface area contributed by atoms with E-state index < -0.39 is 0 Å². The Morgan fingerprint density at radius 2 is 2.15 bits per heavy atom. The monoisotopic (exact) mass is 360 g/mol. The van der Waals surface area contributed by atoms with Crippen LogP contribution in [0.4, 0.5) is 4.79 Å². The van der Waals surface area contributed by atoms with Gasteiger partial charge in [0.1, 0.15) is 6.04 Å². The fourth-order valence-corrected chi connectivity index (χ4v) is 3.45. The lowest BCUT2D eigenvalue weighted by molar-refractivity contribution is 0.180. The van der Waals surface area contributed by atoms with E-state index in [0.29, 0.717) is 24.8 Å². The smallest absolute Gasteiger partial charge is 0.318 e. The average molecular weight is 360 g/mol.